The maximum absolute atomic E-state index is 6.14. The average Bonchev–Trinajstić information content (AvgIpc) is 3.10. The van der Waals surface area contributed by atoms with Crippen LogP contribution in [0, 0.1) is 0 Å². The number of rotatable bonds is 6. The SMILES string of the molecule is COc1cc(OC)c(CN2CC[C@H](c3cccc(Cl)c3)C2)c(OC)c1. The number of halogens is 1. The molecule has 2 aromatic rings. The van der Waals surface area contributed by atoms with Gasteiger partial charge in [0.05, 0.1) is 26.9 Å². The van der Waals surface area contributed by atoms with E-state index in [2.05, 4.69) is 17.0 Å². The molecule has 1 saturated heterocycles. The normalized spacial score (nSPS) is 17.5. The van der Waals surface area contributed by atoms with Gasteiger partial charge in [-0.15, -0.1) is 0 Å². The first-order valence-electron chi connectivity index (χ1n) is 8.41. The second-order valence-corrected chi connectivity index (χ2v) is 6.72. The predicted octanol–water partition coefficient (Wildman–Crippen LogP) is 4.36. The van der Waals surface area contributed by atoms with Crippen LogP contribution < -0.4 is 14.2 Å². The molecular weight excluding hydrogens is 338 g/mol. The standard InChI is InChI=1S/C20H24ClNO3/c1-23-17-10-19(24-2)18(20(11-17)25-3)13-22-8-7-15(12-22)14-5-4-6-16(21)9-14/h4-6,9-11,15H,7-8,12-13H2,1-3H3/t15-/m0/s1. The monoisotopic (exact) mass is 361 g/mol. The van der Waals surface area contributed by atoms with Crippen LogP contribution in [-0.2, 0) is 6.54 Å². The van der Waals surface area contributed by atoms with Crippen LogP contribution in [-0.4, -0.2) is 39.3 Å². The maximum atomic E-state index is 6.14. The van der Waals surface area contributed by atoms with Gasteiger partial charge in [0.25, 0.3) is 0 Å². The van der Waals surface area contributed by atoms with E-state index in [0.717, 1.165) is 53.9 Å². The molecule has 0 aliphatic carbocycles. The molecule has 1 aliphatic heterocycles. The molecule has 0 bridgehead atoms. The van der Waals surface area contributed by atoms with Gasteiger partial charge in [0.15, 0.2) is 0 Å². The molecule has 1 fully saturated rings. The van der Waals surface area contributed by atoms with E-state index in [1.807, 2.05) is 24.3 Å². The first kappa shape index (κ1) is 17.9. The summed E-state index contributed by atoms with van der Waals surface area (Å²) in [6.45, 7) is 2.82. The number of benzene rings is 2. The lowest BCUT2D eigenvalue weighted by Gasteiger charge is -2.21. The highest BCUT2D eigenvalue weighted by Crippen LogP contribution is 2.37. The van der Waals surface area contributed by atoms with E-state index in [1.54, 1.807) is 21.3 Å². The van der Waals surface area contributed by atoms with Gasteiger partial charge < -0.3 is 14.2 Å². The minimum atomic E-state index is 0.508. The highest BCUT2D eigenvalue weighted by atomic mass is 35.5. The molecule has 0 N–H and O–H groups in total. The summed E-state index contributed by atoms with van der Waals surface area (Å²) in [5, 5.41) is 0.800. The summed E-state index contributed by atoms with van der Waals surface area (Å²) in [4.78, 5) is 2.43. The Bertz CT molecular complexity index is 710. The van der Waals surface area contributed by atoms with Crippen molar-refractivity contribution in [3.63, 3.8) is 0 Å². The number of hydrogen-bond donors (Lipinski definition) is 0. The summed E-state index contributed by atoms with van der Waals surface area (Å²) in [5.41, 5.74) is 2.36. The zero-order valence-electron chi connectivity index (χ0n) is 14.9. The van der Waals surface area contributed by atoms with Crippen molar-refractivity contribution in [2.24, 2.45) is 0 Å². The summed E-state index contributed by atoms with van der Waals surface area (Å²) in [6, 6.07) is 12.0. The van der Waals surface area contributed by atoms with Crippen LogP contribution in [0.15, 0.2) is 36.4 Å². The molecule has 134 valence electrons. The lowest BCUT2D eigenvalue weighted by atomic mass is 9.99. The van der Waals surface area contributed by atoms with Crippen LogP contribution in [0.5, 0.6) is 17.2 Å². The molecule has 1 aliphatic rings. The average molecular weight is 362 g/mol. The third kappa shape index (κ3) is 4.02. The number of nitrogens with zero attached hydrogens (tertiary/aromatic N) is 1. The third-order valence-corrected chi connectivity index (χ3v) is 5.03. The van der Waals surface area contributed by atoms with E-state index in [4.69, 9.17) is 25.8 Å². The zero-order chi connectivity index (χ0) is 17.8. The molecule has 3 rings (SSSR count). The quantitative estimate of drug-likeness (QED) is 0.765. The summed E-state index contributed by atoms with van der Waals surface area (Å²) in [5.74, 6) is 2.83. The predicted molar refractivity (Wildman–Crippen MR) is 100 cm³/mol. The van der Waals surface area contributed by atoms with Gasteiger partial charge >= 0.3 is 0 Å². The first-order chi connectivity index (χ1) is 12.1. The lowest BCUT2D eigenvalue weighted by Crippen LogP contribution is -2.20. The fourth-order valence-electron chi connectivity index (χ4n) is 3.47. The number of ether oxygens (including phenoxy) is 3. The van der Waals surface area contributed by atoms with Gasteiger partial charge in [-0.2, -0.15) is 0 Å². The van der Waals surface area contributed by atoms with Gasteiger partial charge in [-0.25, -0.2) is 0 Å². The number of methoxy groups -OCH3 is 3. The van der Waals surface area contributed by atoms with Gasteiger partial charge in [0.2, 0.25) is 0 Å². The Kier molecular flexibility index (Phi) is 5.71. The van der Waals surface area contributed by atoms with E-state index in [1.165, 1.54) is 5.56 Å². The molecule has 5 heteroatoms. The summed E-state index contributed by atoms with van der Waals surface area (Å²) >= 11 is 6.14. The van der Waals surface area contributed by atoms with Crippen molar-refractivity contribution in [1.82, 2.24) is 4.90 Å². The molecule has 0 unspecified atom stereocenters. The van der Waals surface area contributed by atoms with E-state index in [0.29, 0.717) is 5.92 Å². The Morgan fingerprint density at radius 1 is 1.04 bits per heavy atom. The van der Waals surface area contributed by atoms with Crippen molar-refractivity contribution in [3.05, 3.63) is 52.5 Å². The first-order valence-corrected chi connectivity index (χ1v) is 8.79. The second-order valence-electron chi connectivity index (χ2n) is 6.29. The van der Waals surface area contributed by atoms with E-state index >= 15 is 0 Å². The Hall–Kier alpha value is -1.91. The molecule has 1 heterocycles. The van der Waals surface area contributed by atoms with Crippen LogP contribution in [0.3, 0.4) is 0 Å². The highest BCUT2D eigenvalue weighted by Gasteiger charge is 2.26. The molecule has 0 saturated carbocycles. The summed E-state index contributed by atoms with van der Waals surface area (Å²) in [6.07, 6.45) is 1.13. The van der Waals surface area contributed by atoms with E-state index in [9.17, 15) is 0 Å². The van der Waals surface area contributed by atoms with Crippen molar-refractivity contribution in [1.29, 1.82) is 0 Å². The molecule has 25 heavy (non-hydrogen) atoms. The molecule has 0 spiro atoms. The van der Waals surface area contributed by atoms with Gasteiger partial charge in [0, 0.05) is 30.2 Å². The molecule has 0 amide bonds. The molecular formula is C20H24ClNO3. The van der Waals surface area contributed by atoms with Gasteiger partial charge in [-0.05, 0) is 36.6 Å². The summed E-state index contributed by atoms with van der Waals surface area (Å²) < 4.78 is 16.5. The number of likely N-dealkylation sites (tertiary alicyclic amines) is 1. The van der Waals surface area contributed by atoms with Crippen molar-refractivity contribution in [2.45, 2.75) is 18.9 Å². The number of hydrogen-bond acceptors (Lipinski definition) is 4. The fraction of sp³-hybridized carbons (Fsp3) is 0.400. The van der Waals surface area contributed by atoms with Crippen LogP contribution in [0.25, 0.3) is 0 Å². The maximum Gasteiger partial charge on any atom is 0.130 e. The largest absolute Gasteiger partial charge is 0.496 e. The van der Waals surface area contributed by atoms with Crippen molar-refractivity contribution in [3.8, 4) is 17.2 Å². The molecule has 2 aromatic carbocycles. The van der Waals surface area contributed by atoms with Crippen molar-refractivity contribution < 1.29 is 14.2 Å². The zero-order valence-corrected chi connectivity index (χ0v) is 15.7. The molecule has 1 atom stereocenters. The van der Waals surface area contributed by atoms with Crippen LogP contribution in [0.4, 0.5) is 0 Å². The van der Waals surface area contributed by atoms with E-state index in [-0.39, 0.29) is 0 Å². The minimum absolute atomic E-state index is 0.508. The van der Waals surface area contributed by atoms with Gasteiger partial charge in [-0.3, -0.25) is 4.90 Å². The van der Waals surface area contributed by atoms with Crippen LogP contribution in [0.2, 0.25) is 5.02 Å². The van der Waals surface area contributed by atoms with Crippen LogP contribution >= 0.6 is 11.6 Å². The Balaban J connectivity index is 1.77. The lowest BCUT2D eigenvalue weighted by molar-refractivity contribution is 0.304. The molecule has 4 nitrogen and oxygen atoms in total. The van der Waals surface area contributed by atoms with Gasteiger partial charge in [-0.1, -0.05) is 23.7 Å². The Morgan fingerprint density at radius 2 is 1.76 bits per heavy atom. The fourth-order valence-corrected chi connectivity index (χ4v) is 3.66. The van der Waals surface area contributed by atoms with E-state index < -0.39 is 0 Å². The highest BCUT2D eigenvalue weighted by molar-refractivity contribution is 6.30. The van der Waals surface area contributed by atoms with Gasteiger partial charge in [0.1, 0.15) is 17.2 Å². The second kappa shape index (κ2) is 7.98. The van der Waals surface area contributed by atoms with Crippen molar-refractivity contribution in [2.75, 3.05) is 34.4 Å². The Morgan fingerprint density at radius 3 is 2.36 bits per heavy atom. The smallest absolute Gasteiger partial charge is 0.130 e. The topological polar surface area (TPSA) is 30.9 Å². The summed E-state index contributed by atoms with van der Waals surface area (Å²) in [7, 11) is 5.00. The van der Waals surface area contributed by atoms with Crippen molar-refractivity contribution >= 4 is 11.6 Å². The Labute approximate surface area is 154 Å². The third-order valence-electron chi connectivity index (χ3n) is 4.79. The molecule has 0 aromatic heterocycles. The molecule has 0 radical (unpaired) electrons. The minimum Gasteiger partial charge on any atom is -0.496 e. The van der Waals surface area contributed by atoms with Crippen LogP contribution in [0.1, 0.15) is 23.5 Å².